The number of amidine groups is 1. The van der Waals surface area contributed by atoms with Crippen LogP contribution in [0.25, 0.3) is 0 Å². The highest BCUT2D eigenvalue weighted by atomic mass is 35.5. The van der Waals surface area contributed by atoms with E-state index in [9.17, 15) is 8.42 Å². The molecule has 0 saturated heterocycles. The third-order valence-corrected chi connectivity index (χ3v) is 5.16. The first-order valence-corrected chi connectivity index (χ1v) is 8.99. The van der Waals surface area contributed by atoms with E-state index in [0.717, 1.165) is 0 Å². The monoisotopic (exact) mass is 385 g/mol. The number of likely N-dealkylation sites (N-methyl/N-ethyl adjacent to an activating group) is 1. The van der Waals surface area contributed by atoms with Crippen LogP contribution in [0.15, 0.2) is 38.1 Å². The van der Waals surface area contributed by atoms with Crippen LogP contribution in [0.5, 0.6) is 0 Å². The van der Waals surface area contributed by atoms with Gasteiger partial charge in [-0.3, -0.25) is 0 Å². The largest absolute Gasteiger partial charge is 0.349 e. The first-order valence-electron chi connectivity index (χ1n) is 7.55. The highest BCUT2D eigenvalue weighted by Crippen LogP contribution is 2.27. The van der Waals surface area contributed by atoms with Crippen LogP contribution in [0.1, 0.15) is 24.2 Å². The second kappa shape index (κ2) is 7.51. The molecule has 0 radical (unpaired) electrons. The summed E-state index contributed by atoms with van der Waals surface area (Å²) in [4.78, 5) is 6.26. The van der Waals surface area contributed by atoms with Crippen molar-refractivity contribution in [3.05, 3.63) is 41.5 Å². The van der Waals surface area contributed by atoms with E-state index in [1.807, 2.05) is 14.0 Å². The van der Waals surface area contributed by atoms with Crippen molar-refractivity contribution >= 4 is 28.3 Å². The van der Waals surface area contributed by atoms with E-state index in [1.165, 1.54) is 0 Å². The van der Waals surface area contributed by atoms with Gasteiger partial charge in [-0.15, -0.1) is 16.8 Å². The number of sulfonamides is 1. The van der Waals surface area contributed by atoms with Crippen LogP contribution < -0.4 is 5.32 Å². The van der Waals surface area contributed by atoms with E-state index in [0.29, 0.717) is 29.5 Å². The molecule has 1 aliphatic heterocycles. The van der Waals surface area contributed by atoms with Crippen molar-refractivity contribution in [2.45, 2.75) is 30.8 Å². The van der Waals surface area contributed by atoms with Crippen molar-refractivity contribution in [1.82, 2.24) is 20.4 Å². The first kappa shape index (κ1) is 19.4. The number of nitrogens with zero attached hydrogens (tertiary/aromatic N) is 4. The van der Waals surface area contributed by atoms with Crippen LogP contribution in [0, 0.1) is 0 Å². The van der Waals surface area contributed by atoms with Crippen LogP contribution in [-0.2, 0) is 23.0 Å². The summed E-state index contributed by atoms with van der Waals surface area (Å²) in [6.45, 7) is 2.31. The van der Waals surface area contributed by atoms with Gasteiger partial charge in [0.2, 0.25) is 5.89 Å². The van der Waals surface area contributed by atoms with Crippen molar-refractivity contribution in [3.8, 4) is 0 Å². The molecule has 2 aromatic rings. The number of halogens is 1. The highest BCUT2D eigenvalue weighted by molar-refractivity contribution is 7.90. The summed E-state index contributed by atoms with van der Waals surface area (Å²) >= 11 is 0. The van der Waals surface area contributed by atoms with Gasteiger partial charge >= 0.3 is 0 Å². The number of aromatic nitrogens is 2. The van der Waals surface area contributed by atoms with Gasteiger partial charge in [0.05, 0.1) is 6.54 Å². The SMILES string of the molecule is CNC(C)Cc1noc(CN(C)C2=NS(=O)(=O)c3ccccc32)n1.Cl. The molecular weight excluding hydrogens is 366 g/mol. The molecule has 1 aromatic heterocycles. The molecule has 1 aromatic carbocycles. The molecule has 25 heavy (non-hydrogen) atoms. The van der Waals surface area contributed by atoms with Crippen LogP contribution in [-0.4, -0.2) is 49.4 Å². The van der Waals surface area contributed by atoms with Crippen LogP contribution in [0.4, 0.5) is 0 Å². The second-order valence-corrected chi connectivity index (χ2v) is 7.31. The van der Waals surface area contributed by atoms with Crippen molar-refractivity contribution in [1.29, 1.82) is 0 Å². The smallest absolute Gasteiger partial charge is 0.285 e. The van der Waals surface area contributed by atoms with E-state index in [-0.39, 0.29) is 29.9 Å². The Morgan fingerprint density at radius 1 is 1.32 bits per heavy atom. The zero-order chi connectivity index (χ0) is 17.3. The van der Waals surface area contributed by atoms with Crippen LogP contribution >= 0.6 is 12.4 Å². The Labute approximate surface area is 152 Å². The van der Waals surface area contributed by atoms with Gasteiger partial charge in [-0.25, -0.2) is 0 Å². The molecule has 0 fully saturated rings. The zero-order valence-corrected chi connectivity index (χ0v) is 15.8. The fourth-order valence-electron chi connectivity index (χ4n) is 2.45. The lowest BCUT2D eigenvalue weighted by Crippen LogP contribution is -2.26. The van der Waals surface area contributed by atoms with Crippen molar-refractivity contribution in [2.24, 2.45) is 4.40 Å². The lowest BCUT2D eigenvalue weighted by molar-refractivity contribution is 0.331. The summed E-state index contributed by atoms with van der Waals surface area (Å²) in [7, 11) is -0.0176. The average Bonchev–Trinajstić information content (AvgIpc) is 3.10. The number of benzene rings is 1. The molecule has 0 aliphatic carbocycles. The quantitative estimate of drug-likeness (QED) is 0.825. The molecule has 0 amide bonds. The molecule has 0 spiro atoms. The third kappa shape index (κ3) is 4.00. The Hall–Kier alpha value is -1.97. The maximum atomic E-state index is 12.1. The van der Waals surface area contributed by atoms with E-state index >= 15 is 0 Å². The van der Waals surface area contributed by atoms with Crippen molar-refractivity contribution in [2.75, 3.05) is 14.1 Å². The van der Waals surface area contributed by atoms with Gasteiger partial charge in [0.1, 0.15) is 4.90 Å². The fraction of sp³-hybridized carbons (Fsp3) is 0.400. The molecule has 1 atom stereocenters. The van der Waals surface area contributed by atoms with Crippen molar-refractivity contribution < 1.29 is 12.9 Å². The average molecular weight is 386 g/mol. The lowest BCUT2D eigenvalue weighted by Gasteiger charge is -2.16. The highest BCUT2D eigenvalue weighted by Gasteiger charge is 2.30. The van der Waals surface area contributed by atoms with Crippen LogP contribution in [0.2, 0.25) is 0 Å². The zero-order valence-electron chi connectivity index (χ0n) is 14.1. The number of hydrogen-bond donors (Lipinski definition) is 1. The minimum Gasteiger partial charge on any atom is -0.349 e. The van der Waals surface area contributed by atoms with Gasteiger partial charge in [-0.1, -0.05) is 17.3 Å². The molecule has 1 N–H and O–H groups in total. The first-order chi connectivity index (χ1) is 11.4. The topological polar surface area (TPSA) is 101 Å². The maximum Gasteiger partial charge on any atom is 0.285 e. The number of hydrogen-bond acceptors (Lipinski definition) is 7. The Balaban J connectivity index is 0.00000225. The summed E-state index contributed by atoms with van der Waals surface area (Å²) in [6, 6.07) is 7.00. The van der Waals surface area contributed by atoms with Crippen LogP contribution in [0.3, 0.4) is 0 Å². The molecule has 8 nitrogen and oxygen atoms in total. The van der Waals surface area contributed by atoms with E-state index in [4.69, 9.17) is 4.52 Å². The van der Waals surface area contributed by atoms with Gasteiger partial charge in [0, 0.05) is 25.1 Å². The number of fused-ring (bicyclic) bond motifs is 1. The summed E-state index contributed by atoms with van der Waals surface area (Å²) in [5, 5.41) is 7.06. The molecular formula is C15H20ClN5O3S. The van der Waals surface area contributed by atoms with Gasteiger partial charge in [-0.2, -0.15) is 13.4 Å². The van der Waals surface area contributed by atoms with Crippen molar-refractivity contribution in [3.63, 3.8) is 0 Å². The standard InChI is InChI=1S/C15H19N5O3S.ClH/c1-10(16-2)8-13-17-14(23-18-13)9-20(3)15-11-6-4-5-7-12(11)24(21,22)19-15;/h4-7,10,16H,8-9H2,1-3H3;1H. The molecule has 1 unspecified atom stereocenters. The van der Waals surface area contributed by atoms with Gasteiger partial charge in [0.15, 0.2) is 11.7 Å². The van der Waals surface area contributed by atoms with E-state index in [1.54, 1.807) is 36.2 Å². The van der Waals surface area contributed by atoms with Gasteiger partial charge in [0.25, 0.3) is 10.0 Å². The minimum absolute atomic E-state index is 0. The Kier molecular flexibility index (Phi) is 5.81. The molecule has 3 rings (SSSR count). The van der Waals surface area contributed by atoms with Gasteiger partial charge < -0.3 is 14.7 Å². The number of rotatable bonds is 5. The Bertz CT molecular complexity index is 881. The summed E-state index contributed by atoms with van der Waals surface area (Å²) < 4.78 is 33.3. The summed E-state index contributed by atoms with van der Waals surface area (Å²) in [5.74, 6) is 1.41. The summed E-state index contributed by atoms with van der Waals surface area (Å²) in [6.07, 6.45) is 0.655. The third-order valence-electron chi connectivity index (χ3n) is 3.84. The Morgan fingerprint density at radius 2 is 2.04 bits per heavy atom. The Morgan fingerprint density at radius 3 is 2.76 bits per heavy atom. The minimum atomic E-state index is -3.63. The second-order valence-electron chi connectivity index (χ2n) is 5.74. The van der Waals surface area contributed by atoms with E-state index < -0.39 is 10.0 Å². The predicted octanol–water partition coefficient (Wildman–Crippen LogP) is 1.22. The maximum absolute atomic E-state index is 12.1. The summed E-state index contributed by atoms with van der Waals surface area (Å²) in [5.41, 5.74) is 0.587. The molecule has 0 saturated carbocycles. The van der Waals surface area contributed by atoms with E-state index in [2.05, 4.69) is 19.9 Å². The van der Waals surface area contributed by atoms with Gasteiger partial charge in [-0.05, 0) is 26.1 Å². The molecule has 2 heterocycles. The fourth-order valence-corrected chi connectivity index (χ4v) is 3.71. The lowest BCUT2D eigenvalue weighted by atomic mass is 10.2. The number of nitrogens with one attached hydrogen (secondary N) is 1. The molecule has 1 aliphatic rings. The molecule has 0 bridgehead atoms. The normalized spacial score (nSPS) is 15.9. The molecule has 10 heteroatoms. The molecule has 136 valence electrons. The predicted molar refractivity (Wildman–Crippen MR) is 95.4 cm³/mol.